The third-order valence-corrected chi connectivity index (χ3v) is 10.2. The van der Waals surface area contributed by atoms with E-state index in [0.29, 0.717) is 0 Å². The molecule has 0 aromatic carbocycles. The normalized spacial score (nSPS) is 16.1. The Balaban J connectivity index is 3.62. The molecule has 1 atom stereocenters. The molecule has 0 fully saturated rings. The van der Waals surface area contributed by atoms with Gasteiger partial charge in [0, 0.05) is 0 Å². The molecule has 0 N–H and O–H groups in total. The van der Waals surface area contributed by atoms with Crippen LogP contribution in [0.2, 0.25) is 0 Å². The molecule has 0 aliphatic carbocycles. The molecule has 0 rings (SSSR count). The lowest BCUT2D eigenvalue weighted by molar-refractivity contribution is 0.523. The molecule has 0 aromatic rings. The van der Waals surface area contributed by atoms with Gasteiger partial charge in [0.05, 0.1) is 3.55 Å². The lowest BCUT2D eigenvalue weighted by Crippen LogP contribution is -2.26. The monoisotopic (exact) mass is 306 g/mol. The Kier molecular flexibility index (Phi) is 4.63. The lowest BCUT2D eigenvalue weighted by atomic mass is 10.9. The summed E-state index contributed by atoms with van der Waals surface area (Å²) < 4.78 is 11.2. The smallest absolute Gasteiger partial charge is 0.250 e. The van der Waals surface area contributed by atoms with Crippen molar-refractivity contribution in [2.24, 2.45) is 0 Å². The minimum absolute atomic E-state index is 0.412. The summed E-state index contributed by atoms with van der Waals surface area (Å²) in [5.74, 6) is 0. The van der Waals surface area contributed by atoms with E-state index in [1.54, 1.807) is 22.6 Å². The average Bonchev–Trinajstić information content (AvgIpc) is 1.62. The van der Waals surface area contributed by atoms with E-state index >= 15 is 0 Å². The van der Waals surface area contributed by atoms with Gasteiger partial charge in [0.25, 0.3) is 0 Å². The molecule has 0 saturated carbocycles. The molecule has 0 spiro atoms. The quantitative estimate of drug-likeness (QED) is 0.318. The van der Waals surface area contributed by atoms with Gasteiger partial charge in [-0.3, -0.25) is 4.39 Å². The van der Waals surface area contributed by atoms with E-state index in [2.05, 4.69) is 0 Å². The highest BCUT2D eigenvalue weighted by Gasteiger charge is 2.34. The Hall–Kier alpha value is 1.75. The van der Waals surface area contributed by atoms with Crippen LogP contribution in [-0.4, -0.2) is 16.2 Å². The molecule has 0 amide bonds. The van der Waals surface area contributed by atoms with Gasteiger partial charge in [-0.2, -0.15) is 0 Å². The van der Waals surface area contributed by atoms with Gasteiger partial charge < -0.3 is 0 Å². The maximum Gasteiger partial charge on any atom is 0.356 e. The van der Waals surface area contributed by atoms with Gasteiger partial charge in [-0.05, 0) is 0 Å². The van der Waals surface area contributed by atoms with Gasteiger partial charge in [-0.25, -0.2) is 0 Å². The number of hydrogen-bond donors (Lipinski definition) is 0. The SMILES string of the molecule is FCC(I)[Si](Cl)(Cl)Cl. The average molecular weight is 307 g/mol. The van der Waals surface area contributed by atoms with Crippen LogP contribution in [0.4, 0.5) is 4.39 Å². The fourth-order valence-corrected chi connectivity index (χ4v) is 0.787. The second-order valence-corrected chi connectivity index (χ2v) is 12.7. The number of halogens is 5. The van der Waals surface area contributed by atoms with Crippen LogP contribution in [0.25, 0.3) is 0 Å². The molecule has 1 unspecified atom stereocenters. The molecule has 50 valence electrons. The first-order chi connectivity index (χ1) is 3.48. The topological polar surface area (TPSA) is 0 Å². The highest BCUT2D eigenvalue weighted by atomic mass is 127. The van der Waals surface area contributed by atoms with Crippen molar-refractivity contribution in [3.05, 3.63) is 0 Å². The van der Waals surface area contributed by atoms with Crippen LogP contribution in [-0.2, 0) is 0 Å². The van der Waals surface area contributed by atoms with E-state index in [-0.39, 0.29) is 0 Å². The summed E-state index contributed by atoms with van der Waals surface area (Å²) >= 11 is 18.0. The molecular weight excluding hydrogens is 304 g/mol. The first-order valence-electron chi connectivity index (χ1n) is 1.75. The number of alkyl halides is 2. The van der Waals surface area contributed by atoms with E-state index in [1.807, 2.05) is 0 Å². The highest BCUT2D eigenvalue weighted by Crippen LogP contribution is 2.29. The van der Waals surface area contributed by atoms with E-state index in [0.717, 1.165) is 0 Å². The first kappa shape index (κ1) is 9.75. The summed E-state index contributed by atoms with van der Waals surface area (Å²) in [5, 5.41) is 0. The van der Waals surface area contributed by atoms with Crippen molar-refractivity contribution in [1.29, 1.82) is 0 Å². The van der Waals surface area contributed by atoms with Crippen molar-refractivity contribution in [3.63, 3.8) is 0 Å². The summed E-state index contributed by atoms with van der Waals surface area (Å²) in [7, 11) is 0. The van der Waals surface area contributed by atoms with Gasteiger partial charge >= 0.3 is 6.00 Å². The summed E-state index contributed by atoms with van der Waals surface area (Å²) in [4.78, 5) is 0. The molecule has 0 saturated heterocycles. The Labute approximate surface area is 75.9 Å². The maximum absolute atomic E-state index is 11.7. The fraction of sp³-hybridized carbons (Fsp3) is 1.00. The Morgan fingerprint density at radius 3 is 1.88 bits per heavy atom. The Bertz CT molecular complexity index is 74.2. The first-order valence-corrected chi connectivity index (χ1v) is 8.11. The van der Waals surface area contributed by atoms with Crippen molar-refractivity contribution in [1.82, 2.24) is 0 Å². The van der Waals surface area contributed by atoms with Gasteiger partial charge in [0.15, 0.2) is 0 Å². The van der Waals surface area contributed by atoms with Gasteiger partial charge in [-0.1, -0.05) is 22.6 Å². The molecular formula is C2H3Cl3FISi. The molecule has 0 aliphatic rings. The van der Waals surface area contributed by atoms with Crippen LogP contribution in [0.1, 0.15) is 0 Å². The lowest BCUT2D eigenvalue weighted by Gasteiger charge is -2.10. The van der Waals surface area contributed by atoms with Gasteiger partial charge in [-0.15, -0.1) is 33.2 Å². The van der Waals surface area contributed by atoms with Crippen molar-refractivity contribution in [2.75, 3.05) is 6.67 Å². The van der Waals surface area contributed by atoms with Crippen LogP contribution < -0.4 is 0 Å². The van der Waals surface area contributed by atoms with E-state index in [9.17, 15) is 4.39 Å². The maximum atomic E-state index is 11.7. The zero-order chi connectivity index (χ0) is 6.78. The zero-order valence-electron chi connectivity index (χ0n) is 3.67. The molecule has 8 heavy (non-hydrogen) atoms. The van der Waals surface area contributed by atoms with Gasteiger partial charge in [0.1, 0.15) is 6.67 Å². The predicted octanol–water partition coefficient (Wildman–Crippen LogP) is 2.95. The third-order valence-electron chi connectivity index (χ3n) is 0.491. The van der Waals surface area contributed by atoms with Crippen LogP contribution in [0.15, 0.2) is 0 Å². The molecule has 6 heteroatoms. The van der Waals surface area contributed by atoms with Crippen molar-refractivity contribution in [3.8, 4) is 0 Å². The molecule has 0 aliphatic heterocycles. The van der Waals surface area contributed by atoms with Crippen molar-refractivity contribution < 1.29 is 4.39 Å². The minimum atomic E-state index is -2.73. The fourth-order valence-electron chi connectivity index (χ4n) is 0.0875. The molecule has 0 nitrogen and oxygen atoms in total. The predicted molar refractivity (Wildman–Crippen MR) is 47.1 cm³/mol. The largest absolute Gasteiger partial charge is 0.356 e. The Morgan fingerprint density at radius 1 is 1.50 bits per heavy atom. The zero-order valence-corrected chi connectivity index (χ0v) is 9.10. The summed E-state index contributed by atoms with van der Waals surface area (Å²) in [5.41, 5.74) is 0. The van der Waals surface area contributed by atoms with Crippen molar-refractivity contribution >= 4 is 61.8 Å². The summed E-state index contributed by atoms with van der Waals surface area (Å²) in [6.07, 6.45) is 0. The highest BCUT2D eigenvalue weighted by molar-refractivity contribution is 14.1. The van der Waals surface area contributed by atoms with Crippen molar-refractivity contribution in [2.45, 2.75) is 3.55 Å². The van der Waals surface area contributed by atoms with Crippen LogP contribution in [0.5, 0.6) is 0 Å². The third kappa shape index (κ3) is 3.71. The minimum Gasteiger partial charge on any atom is -0.250 e. The van der Waals surface area contributed by atoms with E-state index in [1.165, 1.54) is 0 Å². The standard InChI is InChI=1S/C2H3Cl3FISi/c3-8(4,5)2(7)1-6/h2H,1H2. The molecule has 0 heterocycles. The summed E-state index contributed by atoms with van der Waals surface area (Å²) in [6.45, 7) is -0.552. The summed E-state index contributed by atoms with van der Waals surface area (Å²) in [6, 6.07) is -2.73. The van der Waals surface area contributed by atoms with Crippen LogP contribution in [0, 0.1) is 0 Å². The second kappa shape index (κ2) is 3.80. The van der Waals surface area contributed by atoms with Crippen LogP contribution >= 0.6 is 55.8 Å². The number of hydrogen-bond acceptors (Lipinski definition) is 0. The Morgan fingerprint density at radius 2 is 1.88 bits per heavy atom. The molecule has 0 bridgehead atoms. The van der Waals surface area contributed by atoms with E-state index in [4.69, 9.17) is 33.2 Å². The number of rotatable bonds is 2. The molecule has 0 aromatic heterocycles. The molecule has 0 radical (unpaired) electrons. The van der Waals surface area contributed by atoms with E-state index < -0.39 is 16.2 Å². The van der Waals surface area contributed by atoms with Gasteiger partial charge in [0.2, 0.25) is 0 Å². The second-order valence-electron chi connectivity index (χ2n) is 1.16. The van der Waals surface area contributed by atoms with Crippen LogP contribution in [0.3, 0.4) is 0 Å².